The minimum Gasteiger partial charge on any atom is -0.396 e. The molecule has 0 aliphatic carbocycles. The normalized spacial score (nSPS) is 11.8. The largest absolute Gasteiger partial charge is 0.697 e. The van der Waals surface area contributed by atoms with Crippen LogP contribution in [0.4, 0.5) is 36.3 Å². The molecule has 3 N–H and O–H groups in total. The smallest absolute Gasteiger partial charge is 0.396 e. The number of aryl methyl sites for hydroxylation is 1. The Balaban J connectivity index is 1.62. The number of aromatic nitrogens is 4. The van der Waals surface area contributed by atoms with E-state index in [9.17, 15) is 22.5 Å². The molecular formula is C29H32F3N7O5P+. The molecule has 2 heterocycles. The number of hydrogen-bond donors (Lipinski definition) is 3. The van der Waals surface area contributed by atoms with Crippen molar-refractivity contribution >= 4 is 37.3 Å². The number of nitrogens with one attached hydrogen (secondary N) is 2. The highest BCUT2D eigenvalue weighted by molar-refractivity contribution is 7.33. The first-order chi connectivity index (χ1) is 21.5. The second kappa shape index (κ2) is 15.0. The first-order valence-corrected chi connectivity index (χ1v) is 14.9. The summed E-state index contributed by atoms with van der Waals surface area (Å²) in [6.07, 6.45) is -0.249. The molecule has 2 aromatic carbocycles. The van der Waals surface area contributed by atoms with Gasteiger partial charge in [-0.05, 0) is 48.7 Å². The van der Waals surface area contributed by atoms with Gasteiger partial charge in [0.05, 0.1) is 17.4 Å². The van der Waals surface area contributed by atoms with E-state index in [1.807, 2.05) is 0 Å². The molecule has 2 aromatic heterocycles. The number of amides is 1. The van der Waals surface area contributed by atoms with Gasteiger partial charge in [0.15, 0.2) is 0 Å². The Labute approximate surface area is 258 Å². The molecule has 16 heteroatoms. The number of alkyl halides is 3. The van der Waals surface area contributed by atoms with Gasteiger partial charge in [-0.15, -0.1) is 9.05 Å². The van der Waals surface area contributed by atoms with Crippen molar-refractivity contribution in [3.05, 3.63) is 77.7 Å². The molecular weight excluding hydrogens is 614 g/mol. The van der Waals surface area contributed by atoms with Crippen LogP contribution in [0.15, 0.2) is 61.1 Å². The van der Waals surface area contributed by atoms with E-state index >= 15 is 0 Å². The first-order valence-electron chi connectivity index (χ1n) is 13.8. The molecule has 0 saturated heterocycles. The number of hydrogen-bond acceptors (Lipinski definition) is 10. The van der Waals surface area contributed by atoms with Crippen molar-refractivity contribution in [2.24, 2.45) is 0 Å². The highest BCUT2D eigenvalue weighted by atomic mass is 31.1. The maximum absolute atomic E-state index is 14.0. The number of carbonyl (C=O) groups excluding carboxylic acids is 1. The average Bonchev–Trinajstić information content (AvgIpc) is 3.48. The molecule has 0 bridgehead atoms. The number of aliphatic hydroxyl groups is 1. The van der Waals surface area contributed by atoms with Gasteiger partial charge in [-0.1, -0.05) is 18.2 Å². The van der Waals surface area contributed by atoms with Crippen LogP contribution in [0.2, 0.25) is 0 Å². The lowest BCUT2D eigenvalue weighted by molar-refractivity contribution is -0.137. The summed E-state index contributed by atoms with van der Waals surface area (Å²) < 4.78 is 65.2. The summed E-state index contributed by atoms with van der Waals surface area (Å²) in [5, 5.41) is 18.9. The van der Waals surface area contributed by atoms with E-state index in [1.165, 1.54) is 25.1 Å². The number of aliphatic hydroxyl groups excluding tert-OH is 1. The molecule has 45 heavy (non-hydrogen) atoms. The van der Waals surface area contributed by atoms with E-state index in [1.54, 1.807) is 60.4 Å². The Morgan fingerprint density at radius 1 is 1.07 bits per heavy atom. The summed E-state index contributed by atoms with van der Waals surface area (Å²) in [6, 6.07) is 11.4. The van der Waals surface area contributed by atoms with E-state index in [0.29, 0.717) is 41.5 Å². The van der Waals surface area contributed by atoms with Crippen LogP contribution in [0.3, 0.4) is 0 Å². The highest BCUT2D eigenvalue weighted by Crippen LogP contribution is 2.37. The molecule has 0 aliphatic heterocycles. The molecule has 4 aromatic rings. The van der Waals surface area contributed by atoms with Crippen molar-refractivity contribution in [2.45, 2.75) is 32.7 Å². The van der Waals surface area contributed by atoms with Crippen LogP contribution in [0.1, 0.15) is 34.8 Å². The van der Waals surface area contributed by atoms with Gasteiger partial charge < -0.3 is 20.6 Å². The Morgan fingerprint density at radius 3 is 2.49 bits per heavy atom. The monoisotopic (exact) mass is 646 g/mol. The molecule has 1 amide bonds. The fourth-order valence-corrected chi connectivity index (χ4v) is 4.61. The van der Waals surface area contributed by atoms with E-state index in [0.717, 1.165) is 0 Å². The van der Waals surface area contributed by atoms with E-state index < -0.39 is 31.7 Å². The number of carbonyl (C=O) groups is 1. The van der Waals surface area contributed by atoms with Crippen LogP contribution in [-0.4, -0.2) is 63.0 Å². The number of anilines is 4. The number of rotatable bonds is 14. The van der Waals surface area contributed by atoms with E-state index in [2.05, 4.69) is 25.7 Å². The maximum atomic E-state index is 14.0. The summed E-state index contributed by atoms with van der Waals surface area (Å²) in [6.45, 7) is 2.50. The first kappa shape index (κ1) is 33.5. The number of benzene rings is 2. The predicted molar refractivity (Wildman–Crippen MR) is 161 cm³/mol. The fraction of sp³-hybridized carbons (Fsp3) is 0.310. The van der Waals surface area contributed by atoms with Gasteiger partial charge in [-0.2, -0.15) is 23.3 Å². The summed E-state index contributed by atoms with van der Waals surface area (Å²) >= 11 is 0. The van der Waals surface area contributed by atoms with Crippen LogP contribution in [0.25, 0.3) is 11.1 Å². The molecule has 0 saturated carbocycles. The van der Waals surface area contributed by atoms with E-state index in [-0.39, 0.29) is 37.0 Å². The third-order valence-electron chi connectivity index (χ3n) is 6.30. The lowest BCUT2D eigenvalue weighted by atomic mass is 10.0. The summed E-state index contributed by atoms with van der Waals surface area (Å²) in [4.78, 5) is 22.4. The van der Waals surface area contributed by atoms with Crippen LogP contribution in [0.5, 0.6) is 0 Å². The van der Waals surface area contributed by atoms with Gasteiger partial charge in [0.2, 0.25) is 5.95 Å². The van der Waals surface area contributed by atoms with Gasteiger partial charge in [0.1, 0.15) is 24.6 Å². The van der Waals surface area contributed by atoms with Crippen molar-refractivity contribution in [1.82, 2.24) is 24.6 Å². The zero-order chi connectivity index (χ0) is 32.6. The Hall–Kier alpha value is -4.43. The molecule has 4 rings (SSSR count). The van der Waals surface area contributed by atoms with Gasteiger partial charge >= 0.3 is 14.4 Å². The molecule has 0 fully saturated rings. The zero-order valence-electron chi connectivity index (χ0n) is 24.7. The Morgan fingerprint density at radius 2 is 1.82 bits per heavy atom. The summed E-state index contributed by atoms with van der Waals surface area (Å²) in [5.41, 5.74) is 1.59. The SMILES string of the molecule is CCO[P+](=O)OCc1ccc(Nc2ncc(C(F)(F)F)c(Nc3ccc(-c4cnn(CCCO)c4)cc3C(=O)N(C)C)n2)cc1. The minimum atomic E-state index is -4.79. The third-order valence-corrected chi connectivity index (χ3v) is 7.11. The maximum Gasteiger partial charge on any atom is 0.697 e. The molecule has 0 spiro atoms. The topological polar surface area (TPSA) is 144 Å². The molecule has 1 atom stereocenters. The highest BCUT2D eigenvalue weighted by Gasteiger charge is 2.36. The van der Waals surface area contributed by atoms with Gasteiger partial charge in [-0.25, -0.2) is 4.98 Å². The van der Waals surface area contributed by atoms with Crippen molar-refractivity contribution in [3.8, 4) is 11.1 Å². The second-order valence-corrected chi connectivity index (χ2v) is 10.8. The second-order valence-electron chi connectivity index (χ2n) is 9.84. The standard InChI is InChI=1S/C29H31F3N7O5P/c1-4-43-45(42)44-18-19-6-9-22(10-7-19)35-28-33-16-24(29(30,31)32)26(37-28)36-25-11-8-20(14-23(25)27(41)38(2)3)21-15-34-39(17-21)12-5-13-40/h6-11,14-17,40H,4-5,12-13,18H2,1-3H3,(H-,33,35,36,37,41)/p+1. The molecule has 0 radical (unpaired) electrons. The lowest BCUT2D eigenvalue weighted by Crippen LogP contribution is -2.23. The fourth-order valence-electron chi connectivity index (χ4n) is 4.07. The molecule has 12 nitrogen and oxygen atoms in total. The van der Waals surface area contributed by atoms with Crippen molar-refractivity contribution in [2.75, 3.05) is 37.9 Å². The number of halogens is 3. The lowest BCUT2D eigenvalue weighted by Gasteiger charge is -2.19. The Kier molecular flexibility index (Phi) is 11.2. The van der Waals surface area contributed by atoms with E-state index in [4.69, 9.17) is 14.2 Å². The summed E-state index contributed by atoms with van der Waals surface area (Å²) in [7, 11) is 0.840. The molecule has 1 unspecified atom stereocenters. The number of nitrogens with zero attached hydrogens (tertiary/aromatic N) is 5. The van der Waals surface area contributed by atoms with Gasteiger partial charge in [0.25, 0.3) is 5.91 Å². The van der Waals surface area contributed by atoms with Crippen molar-refractivity contribution in [1.29, 1.82) is 0 Å². The van der Waals surface area contributed by atoms with Gasteiger partial charge in [-0.3, -0.25) is 9.48 Å². The third kappa shape index (κ3) is 9.05. The molecule has 0 aliphatic rings. The van der Waals surface area contributed by atoms with Crippen molar-refractivity contribution < 1.29 is 36.7 Å². The van der Waals surface area contributed by atoms with Crippen molar-refractivity contribution in [3.63, 3.8) is 0 Å². The minimum absolute atomic E-state index is 0.0126. The van der Waals surface area contributed by atoms with Gasteiger partial charge in [0, 0.05) is 55.5 Å². The van der Waals surface area contributed by atoms with Crippen LogP contribution < -0.4 is 10.6 Å². The molecule has 238 valence electrons. The summed E-state index contributed by atoms with van der Waals surface area (Å²) in [5.74, 6) is -1.12. The van der Waals surface area contributed by atoms with Crippen LogP contribution >= 0.6 is 8.25 Å². The average molecular weight is 647 g/mol. The van der Waals surface area contributed by atoms with Crippen LogP contribution in [0, 0.1) is 0 Å². The quantitative estimate of drug-likeness (QED) is 0.137. The predicted octanol–water partition coefficient (Wildman–Crippen LogP) is 6.14. The Bertz CT molecular complexity index is 1630. The zero-order valence-corrected chi connectivity index (χ0v) is 25.6. The van der Waals surface area contributed by atoms with Crippen LogP contribution in [-0.2, 0) is 32.9 Å².